The Morgan fingerprint density at radius 2 is 2.15 bits per heavy atom. The Labute approximate surface area is 160 Å². The first kappa shape index (κ1) is 21.8. The topological polar surface area (TPSA) is 197 Å². The van der Waals surface area contributed by atoms with Crippen molar-refractivity contribution in [1.82, 2.24) is 10.8 Å². The van der Waals surface area contributed by atoms with E-state index in [1.165, 1.54) is 12.1 Å². The number of nitro groups is 1. The van der Waals surface area contributed by atoms with Crippen LogP contribution in [0.2, 0.25) is 0 Å². The minimum atomic E-state index is -0.722. The molecule has 27 heavy (non-hydrogen) atoms. The van der Waals surface area contributed by atoms with Crippen molar-refractivity contribution in [3.8, 4) is 0 Å². The van der Waals surface area contributed by atoms with E-state index in [1.54, 1.807) is 5.48 Å². The lowest BCUT2D eigenvalue weighted by molar-refractivity contribution is -0.403. The van der Waals surface area contributed by atoms with Crippen molar-refractivity contribution in [2.24, 2.45) is 26.6 Å². The summed E-state index contributed by atoms with van der Waals surface area (Å²) in [7, 11) is 0. The van der Waals surface area contributed by atoms with Crippen LogP contribution in [0.1, 0.15) is 0 Å². The van der Waals surface area contributed by atoms with Crippen molar-refractivity contribution in [3.63, 3.8) is 0 Å². The summed E-state index contributed by atoms with van der Waals surface area (Å²) < 4.78 is 13.4. The summed E-state index contributed by atoms with van der Waals surface area (Å²) in [5.74, 6) is -1.33. The van der Waals surface area contributed by atoms with Gasteiger partial charge in [0.15, 0.2) is 23.2 Å². The molecule has 0 spiro atoms. The van der Waals surface area contributed by atoms with Crippen LogP contribution < -0.4 is 22.3 Å². The zero-order valence-electron chi connectivity index (χ0n) is 13.6. The SMILES string of the molecule is NC(=NCCN/C(N)=C/[N+](=O)[O-])/C(=N\O)C(=Nc1ccc(F)c(Br)c1)NO. The van der Waals surface area contributed by atoms with Crippen LogP contribution in [-0.2, 0) is 0 Å². The second-order valence-corrected chi connectivity index (χ2v) is 5.54. The van der Waals surface area contributed by atoms with Gasteiger partial charge in [-0.1, -0.05) is 5.16 Å². The molecule has 146 valence electrons. The summed E-state index contributed by atoms with van der Waals surface area (Å²) in [6.07, 6.45) is 0.578. The Hall–Kier alpha value is -3.26. The molecule has 0 saturated carbocycles. The lowest BCUT2D eigenvalue weighted by Crippen LogP contribution is -2.39. The predicted octanol–water partition coefficient (Wildman–Crippen LogP) is 0.408. The van der Waals surface area contributed by atoms with Crippen molar-refractivity contribution in [1.29, 1.82) is 0 Å². The number of hydrogen-bond acceptors (Lipinski definition) is 9. The van der Waals surface area contributed by atoms with E-state index in [9.17, 15) is 19.7 Å². The lowest BCUT2D eigenvalue weighted by atomic mass is 10.3. The van der Waals surface area contributed by atoms with Crippen LogP contribution in [0.15, 0.2) is 49.8 Å². The molecule has 0 radical (unpaired) electrons. The number of halogens is 2. The summed E-state index contributed by atoms with van der Waals surface area (Å²) in [6, 6.07) is 3.77. The second-order valence-electron chi connectivity index (χ2n) is 4.68. The molecular formula is C13H16BrFN8O4. The third kappa shape index (κ3) is 7.25. The summed E-state index contributed by atoms with van der Waals surface area (Å²) in [5.41, 5.74) is 12.6. The molecule has 0 fully saturated rings. The van der Waals surface area contributed by atoms with Crippen LogP contribution >= 0.6 is 15.9 Å². The predicted molar refractivity (Wildman–Crippen MR) is 99.1 cm³/mol. The monoisotopic (exact) mass is 446 g/mol. The van der Waals surface area contributed by atoms with E-state index in [1.807, 2.05) is 0 Å². The molecule has 1 rings (SSSR count). The third-order valence-electron chi connectivity index (χ3n) is 2.78. The van der Waals surface area contributed by atoms with Gasteiger partial charge in [0, 0.05) is 6.54 Å². The molecule has 8 N–H and O–H groups in total. The Bertz CT molecular complexity index is 812. The fourth-order valence-corrected chi connectivity index (χ4v) is 2.01. The van der Waals surface area contributed by atoms with Crippen LogP contribution in [0.3, 0.4) is 0 Å². The number of oxime groups is 1. The molecule has 0 aliphatic heterocycles. The van der Waals surface area contributed by atoms with Gasteiger partial charge in [-0.2, -0.15) is 0 Å². The molecule has 0 aromatic heterocycles. The first-order valence-corrected chi connectivity index (χ1v) is 7.89. The van der Waals surface area contributed by atoms with Crippen molar-refractivity contribution >= 4 is 39.0 Å². The number of nitrogens with two attached hydrogens (primary N) is 2. The second kappa shape index (κ2) is 10.7. The van der Waals surface area contributed by atoms with E-state index in [0.29, 0.717) is 6.20 Å². The van der Waals surface area contributed by atoms with Crippen molar-refractivity contribution < 1.29 is 19.7 Å². The van der Waals surface area contributed by atoms with Crippen LogP contribution in [-0.4, -0.2) is 45.8 Å². The number of rotatable bonds is 8. The maximum Gasteiger partial charge on any atom is 0.273 e. The molecule has 0 unspecified atom stereocenters. The Morgan fingerprint density at radius 1 is 1.44 bits per heavy atom. The average Bonchev–Trinajstić information content (AvgIpc) is 2.60. The molecule has 0 amide bonds. The number of nitrogens with one attached hydrogen (secondary N) is 2. The lowest BCUT2D eigenvalue weighted by Gasteiger charge is -2.08. The van der Waals surface area contributed by atoms with E-state index >= 15 is 0 Å². The van der Waals surface area contributed by atoms with E-state index in [0.717, 1.165) is 6.07 Å². The molecule has 0 aliphatic rings. The molecule has 0 bridgehead atoms. The smallest absolute Gasteiger partial charge is 0.273 e. The van der Waals surface area contributed by atoms with Gasteiger partial charge < -0.3 is 22.0 Å². The number of nitrogens with zero attached hydrogens (tertiary/aromatic N) is 4. The van der Waals surface area contributed by atoms with Gasteiger partial charge in [0.05, 0.1) is 21.6 Å². The highest BCUT2D eigenvalue weighted by Gasteiger charge is 2.15. The first-order chi connectivity index (χ1) is 12.8. The summed E-state index contributed by atoms with van der Waals surface area (Å²) in [4.78, 5) is 17.3. The zero-order chi connectivity index (χ0) is 20.4. The van der Waals surface area contributed by atoms with Crippen LogP contribution in [0.4, 0.5) is 10.1 Å². The van der Waals surface area contributed by atoms with Crippen molar-refractivity contribution in [2.45, 2.75) is 0 Å². The van der Waals surface area contributed by atoms with E-state index in [4.69, 9.17) is 16.7 Å². The highest BCUT2D eigenvalue weighted by atomic mass is 79.9. The molecule has 0 atom stereocenters. The quantitative estimate of drug-likeness (QED) is 0.0822. The molecular weight excluding hydrogens is 431 g/mol. The molecule has 12 nitrogen and oxygen atoms in total. The molecule has 0 aliphatic carbocycles. The van der Waals surface area contributed by atoms with E-state index in [2.05, 4.69) is 36.4 Å². The zero-order valence-corrected chi connectivity index (χ0v) is 15.2. The minimum Gasteiger partial charge on any atom is -0.410 e. The van der Waals surface area contributed by atoms with E-state index < -0.39 is 10.7 Å². The normalized spacial score (nSPS) is 13.4. The van der Waals surface area contributed by atoms with Gasteiger partial charge >= 0.3 is 0 Å². The maximum absolute atomic E-state index is 13.3. The van der Waals surface area contributed by atoms with Crippen molar-refractivity contribution in [3.05, 3.63) is 50.6 Å². The fraction of sp³-hybridized carbons (Fsp3) is 0.154. The Kier molecular flexibility index (Phi) is 8.61. The van der Waals surface area contributed by atoms with Gasteiger partial charge in [0.1, 0.15) is 5.82 Å². The number of benzene rings is 1. The molecule has 1 aromatic rings. The molecule has 14 heteroatoms. The maximum atomic E-state index is 13.3. The minimum absolute atomic E-state index is 0.0118. The standard InChI is InChI=1S/C13H16BrFN8O4/c14-8-5-7(1-2-9(8)15)20-13(22-25)11(21-24)12(17)19-4-3-18-10(16)6-23(26)27/h1-2,5-6,18,24-25H,3-4,16H2,(H2,17,19)(H,20,22)/b10-6+,21-11+. The number of amidine groups is 2. The Morgan fingerprint density at radius 3 is 2.70 bits per heavy atom. The van der Waals surface area contributed by atoms with Crippen LogP contribution in [0.5, 0.6) is 0 Å². The highest BCUT2D eigenvalue weighted by Crippen LogP contribution is 2.22. The van der Waals surface area contributed by atoms with Gasteiger partial charge in [0.25, 0.3) is 6.20 Å². The van der Waals surface area contributed by atoms with Crippen LogP contribution in [0.25, 0.3) is 0 Å². The first-order valence-electron chi connectivity index (χ1n) is 7.09. The molecule has 0 heterocycles. The van der Waals surface area contributed by atoms with Gasteiger partial charge in [0.2, 0.25) is 0 Å². The van der Waals surface area contributed by atoms with Crippen LogP contribution in [0, 0.1) is 15.9 Å². The highest BCUT2D eigenvalue weighted by molar-refractivity contribution is 9.10. The number of hydrogen-bond donors (Lipinski definition) is 6. The number of aliphatic imine (C=N–C) groups is 2. The summed E-state index contributed by atoms with van der Waals surface area (Å²) in [5, 5.41) is 34.0. The third-order valence-corrected chi connectivity index (χ3v) is 3.39. The van der Waals surface area contributed by atoms with Gasteiger partial charge in [-0.3, -0.25) is 25.8 Å². The van der Waals surface area contributed by atoms with E-state index in [-0.39, 0.29) is 46.5 Å². The summed E-state index contributed by atoms with van der Waals surface area (Å²) >= 11 is 2.99. The van der Waals surface area contributed by atoms with Gasteiger partial charge in [-0.05, 0) is 34.1 Å². The molecule has 0 saturated heterocycles. The van der Waals surface area contributed by atoms with Gasteiger partial charge in [-0.25, -0.2) is 9.38 Å². The molecule has 1 aromatic carbocycles. The average molecular weight is 447 g/mol. The number of hydroxylamine groups is 1. The Balaban J connectivity index is 2.88. The van der Waals surface area contributed by atoms with Crippen molar-refractivity contribution in [2.75, 3.05) is 13.1 Å². The fourth-order valence-electron chi connectivity index (χ4n) is 1.65. The largest absolute Gasteiger partial charge is 0.410 e. The van der Waals surface area contributed by atoms with Gasteiger partial charge in [-0.15, -0.1) is 0 Å². The summed E-state index contributed by atoms with van der Waals surface area (Å²) in [6.45, 7) is 0.109.